The van der Waals surface area contributed by atoms with Gasteiger partial charge in [-0.1, -0.05) is 24.3 Å². The number of amides is 2. The van der Waals surface area contributed by atoms with Crippen molar-refractivity contribution >= 4 is 35.0 Å². The molecule has 2 aromatic carbocycles. The van der Waals surface area contributed by atoms with E-state index in [1.54, 1.807) is 11.8 Å². The SMILES string of the molecule is CSc1ccccc1NC(=O)[C@H](C)[NH+](C)CC(=O)Nc1cc(C)ccc1C. The van der Waals surface area contributed by atoms with Crippen LogP contribution in [-0.4, -0.2) is 37.7 Å². The molecule has 3 N–H and O–H groups in total. The van der Waals surface area contributed by atoms with Crippen LogP contribution in [0.1, 0.15) is 18.1 Å². The van der Waals surface area contributed by atoms with E-state index in [1.165, 1.54) is 0 Å². The zero-order valence-electron chi connectivity index (χ0n) is 16.6. The average molecular weight is 387 g/mol. The molecule has 2 aromatic rings. The number of para-hydroxylation sites is 1. The van der Waals surface area contributed by atoms with E-state index in [4.69, 9.17) is 0 Å². The van der Waals surface area contributed by atoms with Gasteiger partial charge in [0.25, 0.3) is 11.8 Å². The maximum absolute atomic E-state index is 12.6. The van der Waals surface area contributed by atoms with Crippen molar-refractivity contribution in [3.05, 3.63) is 53.6 Å². The fraction of sp³-hybridized carbons (Fsp3) is 0.333. The van der Waals surface area contributed by atoms with Gasteiger partial charge in [0, 0.05) is 10.6 Å². The van der Waals surface area contributed by atoms with E-state index < -0.39 is 0 Å². The van der Waals surface area contributed by atoms with Crippen molar-refractivity contribution in [3.63, 3.8) is 0 Å². The first-order valence-corrected chi connectivity index (χ1v) is 10.2. The average Bonchev–Trinajstić information content (AvgIpc) is 2.64. The van der Waals surface area contributed by atoms with Gasteiger partial charge >= 0.3 is 0 Å². The number of hydrogen-bond acceptors (Lipinski definition) is 3. The summed E-state index contributed by atoms with van der Waals surface area (Å²) >= 11 is 1.59. The highest BCUT2D eigenvalue weighted by Gasteiger charge is 2.24. The number of likely N-dealkylation sites (N-methyl/N-ethyl adjacent to an activating group) is 1. The van der Waals surface area contributed by atoms with Crippen molar-refractivity contribution in [2.24, 2.45) is 0 Å². The van der Waals surface area contributed by atoms with Gasteiger partial charge in [0.15, 0.2) is 12.6 Å². The highest BCUT2D eigenvalue weighted by Crippen LogP contribution is 2.24. The van der Waals surface area contributed by atoms with E-state index >= 15 is 0 Å². The molecule has 0 heterocycles. The highest BCUT2D eigenvalue weighted by atomic mass is 32.2. The van der Waals surface area contributed by atoms with E-state index in [0.717, 1.165) is 32.3 Å². The fourth-order valence-electron chi connectivity index (χ4n) is 2.68. The van der Waals surface area contributed by atoms with Crippen molar-refractivity contribution in [3.8, 4) is 0 Å². The molecule has 0 fully saturated rings. The van der Waals surface area contributed by atoms with E-state index in [0.29, 0.717) is 0 Å². The first-order chi connectivity index (χ1) is 12.8. The number of thioether (sulfide) groups is 1. The molecule has 27 heavy (non-hydrogen) atoms. The molecule has 2 amide bonds. The lowest BCUT2D eigenvalue weighted by Crippen LogP contribution is -3.14. The maximum Gasteiger partial charge on any atom is 0.282 e. The minimum absolute atomic E-state index is 0.103. The Bertz CT molecular complexity index is 823. The minimum atomic E-state index is -0.357. The lowest BCUT2D eigenvalue weighted by Gasteiger charge is -2.21. The minimum Gasteiger partial charge on any atom is -0.321 e. The van der Waals surface area contributed by atoms with Crippen molar-refractivity contribution in [2.75, 3.05) is 30.5 Å². The molecule has 0 aromatic heterocycles. The maximum atomic E-state index is 12.6. The van der Waals surface area contributed by atoms with Crippen LogP contribution in [0.3, 0.4) is 0 Å². The quantitative estimate of drug-likeness (QED) is 0.641. The largest absolute Gasteiger partial charge is 0.321 e. The van der Waals surface area contributed by atoms with Crippen molar-refractivity contribution in [1.82, 2.24) is 0 Å². The Hall–Kier alpha value is -2.31. The van der Waals surface area contributed by atoms with Gasteiger partial charge in [-0.3, -0.25) is 9.59 Å². The molecule has 0 radical (unpaired) electrons. The number of carbonyl (C=O) groups is 2. The third-order valence-electron chi connectivity index (χ3n) is 4.60. The lowest BCUT2D eigenvalue weighted by atomic mass is 10.1. The third-order valence-corrected chi connectivity index (χ3v) is 5.40. The summed E-state index contributed by atoms with van der Waals surface area (Å²) in [6, 6.07) is 13.3. The summed E-state index contributed by atoms with van der Waals surface area (Å²) < 4.78 is 0. The van der Waals surface area contributed by atoms with Gasteiger partial charge in [0.05, 0.1) is 12.7 Å². The van der Waals surface area contributed by atoms with Crippen LogP contribution in [0.5, 0.6) is 0 Å². The summed E-state index contributed by atoms with van der Waals surface area (Å²) in [4.78, 5) is 26.8. The van der Waals surface area contributed by atoms with Crippen LogP contribution >= 0.6 is 11.8 Å². The summed E-state index contributed by atoms with van der Waals surface area (Å²) in [5.41, 5.74) is 3.73. The Morgan fingerprint density at radius 1 is 1.07 bits per heavy atom. The molecule has 0 saturated heterocycles. The molecule has 2 rings (SSSR count). The molecule has 0 spiro atoms. The number of anilines is 2. The Labute approximate surface area is 165 Å². The topological polar surface area (TPSA) is 62.6 Å². The first kappa shape index (κ1) is 21.0. The van der Waals surface area contributed by atoms with Gasteiger partial charge in [-0.15, -0.1) is 11.8 Å². The van der Waals surface area contributed by atoms with Gasteiger partial charge in [-0.05, 0) is 56.4 Å². The predicted octanol–water partition coefficient (Wildman–Crippen LogP) is 2.51. The van der Waals surface area contributed by atoms with Crippen LogP contribution in [-0.2, 0) is 9.59 Å². The van der Waals surface area contributed by atoms with Crippen LogP contribution in [0.2, 0.25) is 0 Å². The molecule has 2 atom stereocenters. The lowest BCUT2D eigenvalue weighted by molar-refractivity contribution is -0.885. The van der Waals surface area contributed by atoms with Crippen molar-refractivity contribution < 1.29 is 14.5 Å². The Morgan fingerprint density at radius 3 is 2.48 bits per heavy atom. The number of benzene rings is 2. The zero-order chi connectivity index (χ0) is 20.0. The molecular formula is C21H28N3O2S+. The van der Waals surface area contributed by atoms with E-state index in [-0.39, 0.29) is 24.4 Å². The van der Waals surface area contributed by atoms with Gasteiger partial charge < -0.3 is 15.5 Å². The number of hydrogen-bond donors (Lipinski definition) is 3. The summed E-state index contributed by atoms with van der Waals surface area (Å²) in [6.07, 6.45) is 1.98. The molecule has 0 aliphatic rings. The molecule has 0 aliphatic heterocycles. The standard InChI is InChI=1S/C21H27N3O2S/c1-14-10-11-15(2)18(12-14)22-20(25)13-24(4)16(3)21(26)23-17-8-6-7-9-19(17)27-5/h6-12,16H,13H2,1-5H3,(H,22,25)(H,23,26)/p+1/t16-/m0/s1. The van der Waals surface area contributed by atoms with Crippen LogP contribution in [0.15, 0.2) is 47.4 Å². The molecule has 0 aliphatic carbocycles. The van der Waals surface area contributed by atoms with Gasteiger partial charge in [0.1, 0.15) is 0 Å². The second kappa shape index (κ2) is 9.58. The predicted molar refractivity (Wildman–Crippen MR) is 113 cm³/mol. The Kier molecular flexibility index (Phi) is 7.45. The molecule has 0 saturated carbocycles. The number of nitrogens with one attached hydrogen (secondary N) is 3. The number of quaternary nitrogens is 1. The van der Waals surface area contributed by atoms with Crippen LogP contribution in [0.25, 0.3) is 0 Å². The number of aryl methyl sites for hydroxylation is 2. The molecule has 1 unspecified atom stereocenters. The van der Waals surface area contributed by atoms with Crippen LogP contribution in [0, 0.1) is 13.8 Å². The van der Waals surface area contributed by atoms with Crippen molar-refractivity contribution in [2.45, 2.75) is 31.7 Å². The number of carbonyl (C=O) groups excluding carboxylic acids is 2. The molecule has 144 valence electrons. The smallest absolute Gasteiger partial charge is 0.282 e. The van der Waals surface area contributed by atoms with Gasteiger partial charge in [-0.2, -0.15) is 0 Å². The fourth-order valence-corrected chi connectivity index (χ4v) is 3.24. The van der Waals surface area contributed by atoms with Crippen LogP contribution < -0.4 is 15.5 Å². The summed E-state index contributed by atoms with van der Waals surface area (Å²) in [7, 11) is 1.85. The second-order valence-electron chi connectivity index (χ2n) is 6.80. The first-order valence-electron chi connectivity index (χ1n) is 8.95. The van der Waals surface area contributed by atoms with E-state index in [1.807, 2.05) is 76.5 Å². The highest BCUT2D eigenvalue weighted by molar-refractivity contribution is 7.98. The van der Waals surface area contributed by atoms with Crippen LogP contribution in [0.4, 0.5) is 11.4 Å². The molecule has 6 heteroatoms. The summed E-state index contributed by atoms with van der Waals surface area (Å²) in [5, 5.41) is 5.92. The number of rotatable bonds is 7. The summed E-state index contributed by atoms with van der Waals surface area (Å²) in [6.45, 7) is 6.00. The molecule has 5 nitrogen and oxygen atoms in total. The van der Waals surface area contributed by atoms with E-state index in [2.05, 4.69) is 10.6 Å². The van der Waals surface area contributed by atoms with Gasteiger partial charge in [-0.25, -0.2) is 0 Å². The molecular weight excluding hydrogens is 358 g/mol. The third kappa shape index (κ3) is 5.84. The van der Waals surface area contributed by atoms with Gasteiger partial charge in [0.2, 0.25) is 0 Å². The summed E-state index contributed by atoms with van der Waals surface area (Å²) in [5.74, 6) is -0.209. The monoisotopic (exact) mass is 386 g/mol. The van der Waals surface area contributed by atoms with Crippen molar-refractivity contribution in [1.29, 1.82) is 0 Å². The zero-order valence-corrected chi connectivity index (χ0v) is 17.4. The normalized spacial score (nSPS) is 12.9. The Morgan fingerprint density at radius 2 is 1.78 bits per heavy atom. The molecule has 0 bridgehead atoms. The second-order valence-corrected chi connectivity index (χ2v) is 7.65. The van der Waals surface area contributed by atoms with E-state index in [9.17, 15) is 9.59 Å². The Balaban J connectivity index is 1.95.